The van der Waals surface area contributed by atoms with Crippen LogP contribution in [0.5, 0.6) is 0 Å². The van der Waals surface area contributed by atoms with E-state index >= 15 is 0 Å². The lowest BCUT2D eigenvalue weighted by molar-refractivity contribution is 0.621. The van der Waals surface area contributed by atoms with Crippen molar-refractivity contribution < 1.29 is 4.39 Å². The minimum atomic E-state index is -0.221. The summed E-state index contributed by atoms with van der Waals surface area (Å²) in [5, 5.41) is 0.975. The Kier molecular flexibility index (Phi) is 2.20. The first-order valence-electron chi connectivity index (χ1n) is 2.40. The van der Waals surface area contributed by atoms with Crippen molar-refractivity contribution in [1.82, 2.24) is 0 Å². The monoisotopic (exact) mass is 206 g/mol. The van der Waals surface area contributed by atoms with Gasteiger partial charge in [-0.25, -0.2) is 4.39 Å². The molecule has 0 fully saturated rings. The van der Waals surface area contributed by atoms with Crippen molar-refractivity contribution in [1.29, 1.82) is 0 Å². The fourth-order valence-corrected chi connectivity index (χ4v) is 1.42. The van der Waals surface area contributed by atoms with Gasteiger partial charge in [-0.3, -0.25) is 0 Å². The Labute approximate surface area is 63.8 Å². The van der Waals surface area contributed by atoms with Gasteiger partial charge in [0, 0.05) is 0 Å². The Hall–Kier alpha value is 0.0600. The molecular weight excluding hydrogens is 202 g/mol. The second-order valence-electron chi connectivity index (χ2n) is 1.67. The Morgan fingerprint density at radius 3 is 2.56 bits per heavy atom. The third-order valence-electron chi connectivity index (χ3n) is 0.944. The van der Waals surface area contributed by atoms with E-state index < -0.39 is 0 Å². The standard InChI is InChI=1S/C6H5BrFP/c7-5-3-4(9)1-2-6(5)8/h1-3H,9H2. The van der Waals surface area contributed by atoms with Crippen LogP contribution >= 0.6 is 25.2 Å². The molecule has 0 radical (unpaired) electrons. The van der Waals surface area contributed by atoms with Crippen molar-refractivity contribution >= 4 is 30.5 Å². The number of rotatable bonds is 0. The lowest BCUT2D eigenvalue weighted by Crippen LogP contribution is -1.89. The van der Waals surface area contributed by atoms with Crippen LogP contribution in [0.25, 0.3) is 0 Å². The van der Waals surface area contributed by atoms with Gasteiger partial charge in [0.2, 0.25) is 0 Å². The Morgan fingerprint density at radius 1 is 1.44 bits per heavy atom. The zero-order chi connectivity index (χ0) is 6.85. The Morgan fingerprint density at radius 2 is 2.11 bits per heavy atom. The summed E-state index contributed by atoms with van der Waals surface area (Å²) >= 11 is 3.06. The summed E-state index contributed by atoms with van der Waals surface area (Å²) in [5.74, 6) is -0.221. The number of hydrogen-bond donors (Lipinski definition) is 0. The van der Waals surface area contributed by atoms with E-state index in [9.17, 15) is 4.39 Å². The molecule has 1 unspecified atom stereocenters. The van der Waals surface area contributed by atoms with E-state index in [4.69, 9.17) is 0 Å². The molecule has 1 aromatic rings. The topological polar surface area (TPSA) is 0 Å². The molecule has 0 spiro atoms. The molecule has 0 amide bonds. The first-order valence-corrected chi connectivity index (χ1v) is 3.78. The summed E-state index contributed by atoms with van der Waals surface area (Å²) in [6, 6.07) is 4.83. The molecule has 0 heterocycles. The van der Waals surface area contributed by atoms with E-state index in [0.29, 0.717) is 4.47 Å². The first-order chi connectivity index (χ1) is 4.20. The van der Waals surface area contributed by atoms with E-state index in [1.54, 1.807) is 12.1 Å². The van der Waals surface area contributed by atoms with E-state index in [1.165, 1.54) is 6.07 Å². The highest BCUT2D eigenvalue weighted by molar-refractivity contribution is 9.10. The van der Waals surface area contributed by atoms with Crippen LogP contribution in [0.3, 0.4) is 0 Å². The maximum Gasteiger partial charge on any atom is 0.137 e. The van der Waals surface area contributed by atoms with Crippen molar-refractivity contribution in [3.05, 3.63) is 28.5 Å². The minimum absolute atomic E-state index is 0.221. The van der Waals surface area contributed by atoms with E-state index in [0.717, 1.165) is 5.30 Å². The summed E-state index contributed by atoms with van der Waals surface area (Å²) in [6.07, 6.45) is 0. The highest BCUT2D eigenvalue weighted by Crippen LogP contribution is 2.12. The molecule has 0 aliphatic rings. The van der Waals surface area contributed by atoms with E-state index in [-0.39, 0.29) is 5.82 Å². The highest BCUT2D eigenvalue weighted by atomic mass is 79.9. The number of hydrogen-bond acceptors (Lipinski definition) is 0. The van der Waals surface area contributed by atoms with Gasteiger partial charge in [0.05, 0.1) is 4.47 Å². The average molecular weight is 207 g/mol. The van der Waals surface area contributed by atoms with Gasteiger partial charge < -0.3 is 0 Å². The lowest BCUT2D eigenvalue weighted by atomic mass is 10.3. The number of benzene rings is 1. The fraction of sp³-hybridized carbons (Fsp3) is 0. The molecule has 1 aromatic carbocycles. The average Bonchev–Trinajstić information content (AvgIpc) is 1.80. The molecule has 0 saturated heterocycles. The molecule has 0 saturated carbocycles. The third-order valence-corrected chi connectivity index (χ3v) is 1.91. The normalized spacial score (nSPS) is 9.67. The molecule has 0 nitrogen and oxygen atoms in total. The molecule has 3 heteroatoms. The maximum atomic E-state index is 12.4. The number of halogens is 2. The molecule has 0 N–H and O–H groups in total. The molecule has 9 heavy (non-hydrogen) atoms. The molecule has 1 atom stereocenters. The zero-order valence-electron chi connectivity index (χ0n) is 4.57. The van der Waals surface area contributed by atoms with Gasteiger partial charge in [0.15, 0.2) is 0 Å². The SMILES string of the molecule is Fc1ccc(P)cc1Br. The molecule has 0 aliphatic heterocycles. The molecule has 0 bridgehead atoms. The van der Waals surface area contributed by atoms with Crippen LogP contribution in [0.15, 0.2) is 22.7 Å². The lowest BCUT2D eigenvalue weighted by Gasteiger charge is -1.93. The quantitative estimate of drug-likeness (QED) is 0.571. The van der Waals surface area contributed by atoms with Gasteiger partial charge >= 0.3 is 0 Å². The highest BCUT2D eigenvalue weighted by Gasteiger charge is 1.95. The predicted octanol–water partition coefficient (Wildman–Crippen LogP) is 2.09. The smallest absolute Gasteiger partial charge is 0.137 e. The third kappa shape index (κ3) is 1.74. The van der Waals surface area contributed by atoms with Gasteiger partial charge in [-0.1, -0.05) is 6.07 Å². The van der Waals surface area contributed by atoms with Crippen LogP contribution in [0.2, 0.25) is 0 Å². The van der Waals surface area contributed by atoms with Crippen LogP contribution in [-0.4, -0.2) is 0 Å². The summed E-state index contributed by atoms with van der Waals surface area (Å²) in [7, 11) is 2.49. The van der Waals surface area contributed by atoms with Crippen LogP contribution < -0.4 is 5.30 Å². The van der Waals surface area contributed by atoms with Crippen LogP contribution in [-0.2, 0) is 0 Å². The van der Waals surface area contributed by atoms with Gasteiger partial charge in [0.25, 0.3) is 0 Å². The fourth-order valence-electron chi connectivity index (χ4n) is 0.512. The molecule has 0 aromatic heterocycles. The second-order valence-corrected chi connectivity index (χ2v) is 3.19. The van der Waals surface area contributed by atoms with E-state index in [2.05, 4.69) is 25.2 Å². The van der Waals surface area contributed by atoms with Gasteiger partial charge in [0.1, 0.15) is 5.82 Å². The molecular formula is C6H5BrFP. The summed E-state index contributed by atoms with van der Waals surface area (Å²) in [5.41, 5.74) is 0. The van der Waals surface area contributed by atoms with Crippen molar-refractivity contribution in [2.45, 2.75) is 0 Å². The summed E-state index contributed by atoms with van der Waals surface area (Å²) in [4.78, 5) is 0. The van der Waals surface area contributed by atoms with Crippen molar-refractivity contribution in [3.8, 4) is 0 Å². The van der Waals surface area contributed by atoms with Gasteiger partial charge in [-0.05, 0) is 33.4 Å². The molecule has 0 aliphatic carbocycles. The predicted molar refractivity (Wildman–Crippen MR) is 43.4 cm³/mol. The van der Waals surface area contributed by atoms with Gasteiger partial charge in [-0.2, -0.15) is 0 Å². The molecule has 48 valence electrons. The Bertz CT molecular complexity index is 224. The van der Waals surface area contributed by atoms with Crippen LogP contribution in [0, 0.1) is 5.82 Å². The summed E-state index contributed by atoms with van der Waals surface area (Å²) in [6.45, 7) is 0. The Balaban J connectivity index is 3.17. The summed E-state index contributed by atoms with van der Waals surface area (Å²) < 4.78 is 13.0. The van der Waals surface area contributed by atoms with Crippen molar-refractivity contribution in [2.75, 3.05) is 0 Å². The van der Waals surface area contributed by atoms with Crippen molar-refractivity contribution in [3.63, 3.8) is 0 Å². The second kappa shape index (κ2) is 2.76. The molecule has 1 rings (SSSR count). The van der Waals surface area contributed by atoms with Crippen LogP contribution in [0.1, 0.15) is 0 Å². The maximum absolute atomic E-state index is 12.4. The zero-order valence-corrected chi connectivity index (χ0v) is 7.31. The first kappa shape index (κ1) is 7.17. The van der Waals surface area contributed by atoms with Crippen molar-refractivity contribution in [2.24, 2.45) is 0 Å². The van der Waals surface area contributed by atoms with E-state index in [1.807, 2.05) is 0 Å². The van der Waals surface area contributed by atoms with Gasteiger partial charge in [-0.15, -0.1) is 9.24 Å². The largest absolute Gasteiger partial charge is 0.206 e. The minimum Gasteiger partial charge on any atom is -0.206 e. The van der Waals surface area contributed by atoms with Crippen LogP contribution in [0.4, 0.5) is 4.39 Å².